The fourth-order valence-corrected chi connectivity index (χ4v) is 6.47. The molecule has 1 unspecified atom stereocenters. The minimum Gasteiger partial charge on any atom is -0.341 e. The van der Waals surface area contributed by atoms with Gasteiger partial charge in [0.25, 0.3) is 0 Å². The number of piperidine rings is 1. The van der Waals surface area contributed by atoms with Crippen LogP contribution in [0.1, 0.15) is 57.8 Å². The molecule has 3 nitrogen and oxygen atoms in total. The van der Waals surface area contributed by atoms with E-state index in [0.29, 0.717) is 17.4 Å². The molecule has 5 aliphatic rings. The molecule has 0 aromatic rings. The highest BCUT2D eigenvalue weighted by Gasteiger charge is 2.54. The zero-order valence-electron chi connectivity index (χ0n) is 13.4. The van der Waals surface area contributed by atoms with Gasteiger partial charge in [-0.3, -0.25) is 4.79 Å². The highest BCUT2D eigenvalue weighted by atomic mass is 16.2. The van der Waals surface area contributed by atoms with Crippen LogP contribution in [0.4, 0.5) is 0 Å². The van der Waals surface area contributed by atoms with Crippen LogP contribution in [0.3, 0.4) is 0 Å². The third-order valence-electron chi connectivity index (χ3n) is 7.00. The van der Waals surface area contributed by atoms with Crippen molar-refractivity contribution in [1.29, 1.82) is 0 Å². The number of likely N-dealkylation sites (tertiary alicyclic amines) is 1. The van der Waals surface area contributed by atoms with Crippen molar-refractivity contribution in [2.45, 2.75) is 63.8 Å². The summed E-state index contributed by atoms with van der Waals surface area (Å²) in [6.07, 6.45) is 11.8. The number of nitrogens with zero attached hydrogens (tertiary/aromatic N) is 1. The summed E-state index contributed by atoms with van der Waals surface area (Å²) in [6, 6.07) is 0.521. The van der Waals surface area contributed by atoms with Gasteiger partial charge in [0.2, 0.25) is 5.91 Å². The van der Waals surface area contributed by atoms with Crippen LogP contribution in [-0.4, -0.2) is 37.0 Å². The molecule has 1 N–H and O–H groups in total. The average Bonchev–Trinajstić information content (AvgIpc) is 2.44. The summed E-state index contributed by atoms with van der Waals surface area (Å²) in [6.45, 7) is 1.95. The number of hydrogen-bond donors (Lipinski definition) is 1. The monoisotopic (exact) mass is 290 g/mol. The van der Waals surface area contributed by atoms with Crippen molar-refractivity contribution in [2.24, 2.45) is 23.2 Å². The van der Waals surface area contributed by atoms with Crippen LogP contribution in [0.15, 0.2) is 0 Å². The third-order valence-corrected chi connectivity index (χ3v) is 7.00. The van der Waals surface area contributed by atoms with Crippen LogP contribution in [0.2, 0.25) is 0 Å². The number of likely N-dealkylation sites (N-methyl/N-ethyl adjacent to an activating group) is 1. The fraction of sp³-hybridized carbons (Fsp3) is 0.944. The van der Waals surface area contributed by atoms with E-state index in [0.717, 1.165) is 43.7 Å². The Kier molecular flexibility index (Phi) is 3.52. The molecule has 0 aromatic heterocycles. The number of amides is 1. The second-order valence-electron chi connectivity index (χ2n) is 8.42. The van der Waals surface area contributed by atoms with E-state index in [2.05, 4.69) is 17.3 Å². The molecule has 0 radical (unpaired) electrons. The molecule has 1 amide bonds. The van der Waals surface area contributed by atoms with Crippen LogP contribution in [0.5, 0.6) is 0 Å². The van der Waals surface area contributed by atoms with E-state index < -0.39 is 0 Å². The number of rotatable bonds is 4. The second kappa shape index (κ2) is 5.26. The molecule has 5 fully saturated rings. The van der Waals surface area contributed by atoms with Gasteiger partial charge in [-0.2, -0.15) is 0 Å². The molecule has 5 rings (SSSR count). The Morgan fingerprint density at radius 2 is 1.76 bits per heavy atom. The van der Waals surface area contributed by atoms with Crippen LogP contribution >= 0.6 is 0 Å². The lowest BCUT2D eigenvalue weighted by molar-refractivity contribution is -0.135. The molecule has 1 heterocycles. The predicted octanol–water partition coefficient (Wildman–Crippen LogP) is 2.80. The molecule has 1 saturated heterocycles. The minimum absolute atomic E-state index is 0.395. The fourth-order valence-electron chi connectivity index (χ4n) is 6.47. The molecule has 0 aromatic carbocycles. The number of nitrogens with one attached hydrogen (secondary N) is 1. The molecular weight excluding hydrogens is 260 g/mol. The van der Waals surface area contributed by atoms with Gasteiger partial charge in [0, 0.05) is 25.6 Å². The zero-order chi connectivity index (χ0) is 14.4. The summed E-state index contributed by atoms with van der Waals surface area (Å²) >= 11 is 0. The molecule has 21 heavy (non-hydrogen) atoms. The lowest BCUT2D eigenvalue weighted by atomic mass is 9.47. The first kappa shape index (κ1) is 14.0. The quantitative estimate of drug-likeness (QED) is 0.863. The van der Waals surface area contributed by atoms with Gasteiger partial charge in [0.05, 0.1) is 0 Å². The molecule has 3 heteroatoms. The largest absolute Gasteiger partial charge is 0.341 e. The van der Waals surface area contributed by atoms with Gasteiger partial charge in [0.1, 0.15) is 0 Å². The predicted molar refractivity (Wildman–Crippen MR) is 83.9 cm³/mol. The second-order valence-corrected chi connectivity index (χ2v) is 8.42. The zero-order valence-corrected chi connectivity index (χ0v) is 13.4. The minimum atomic E-state index is 0.395. The summed E-state index contributed by atoms with van der Waals surface area (Å²) in [7, 11) is 2.12. The van der Waals surface area contributed by atoms with Crippen molar-refractivity contribution in [3.63, 3.8) is 0 Å². The van der Waals surface area contributed by atoms with Crippen molar-refractivity contribution in [2.75, 3.05) is 20.1 Å². The standard InChI is InChI=1S/C18H30N2O/c1-19-16(12-20-5-3-2-4-17(20)21)18-9-13-6-14(10-18)8-15(7-13)11-18/h13-16,19H,2-12H2,1H3. The molecular formula is C18H30N2O. The Morgan fingerprint density at radius 3 is 2.29 bits per heavy atom. The summed E-state index contributed by atoms with van der Waals surface area (Å²) < 4.78 is 0. The topological polar surface area (TPSA) is 32.3 Å². The Labute approximate surface area is 128 Å². The first-order valence-corrected chi connectivity index (χ1v) is 9.13. The summed E-state index contributed by atoms with van der Waals surface area (Å²) in [4.78, 5) is 14.3. The average molecular weight is 290 g/mol. The molecule has 1 atom stereocenters. The van der Waals surface area contributed by atoms with Gasteiger partial charge < -0.3 is 10.2 Å². The molecule has 4 saturated carbocycles. The van der Waals surface area contributed by atoms with Crippen LogP contribution in [0, 0.1) is 23.2 Å². The number of carbonyl (C=O) groups excluding carboxylic acids is 1. The van der Waals surface area contributed by atoms with Crippen LogP contribution < -0.4 is 5.32 Å². The first-order chi connectivity index (χ1) is 10.2. The molecule has 118 valence electrons. The van der Waals surface area contributed by atoms with E-state index in [-0.39, 0.29) is 0 Å². The van der Waals surface area contributed by atoms with Crippen molar-refractivity contribution in [1.82, 2.24) is 10.2 Å². The smallest absolute Gasteiger partial charge is 0.222 e. The van der Waals surface area contributed by atoms with Gasteiger partial charge in [-0.15, -0.1) is 0 Å². The normalized spacial score (nSPS) is 43.4. The van der Waals surface area contributed by atoms with E-state index in [9.17, 15) is 4.79 Å². The summed E-state index contributed by atoms with van der Waals surface area (Å²) in [5.41, 5.74) is 0.501. The lowest BCUT2D eigenvalue weighted by Gasteiger charge is -2.60. The maximum Gasteiger partial charge on any atom is 0.222 e. The molecule has 0 spiro atoms. The first-order valence-electron chi connectivity index (χ1n) is 9.13. The highest BCUT2D eigenvalue weighted by molar-refractivity contribution is 5.76. The van der Waals surface area contributed by atoms with Crippen molar-refractivity contribution in [3.8, 4) is 0 Å². The van der Waals surface area contributed by atoms with E-state index >= 15 is 0 Å². The third kappa shape index (κ3) is 2.42. The number of carbonyl (C=O) groups is 1. The lowest BCUT2D eigenvalue weighted by Crippen LogP contribution is -2.59. The van der Waals surface area contributed by atoms with Gasteiger partial charge in [-0.05, 0) is 81.6 Å². The number of hydrogen-bond acceptors (Lipinski definition) is 2. The van der Waals surface area contributed by atoms with E-state index in [1.165, 1.54) is 44.9 Å². The van der Waals surface area contributed by atoms with E-state index in [1.54, 1.807) is 0 Å². The van der Waals surface area contributed by atoms with Crippen molar-refractivity contribution < 1.29 is 4.79 Å². The van der Waals surface area contributed by atoms with Crippen molar-refractivity contribution in [3.05, 3.63) is 0 Å². The van der Waals surface area contributed by atoms with Gasteiger partial charge in [0.15, 0.2) is 0 Å². The molecule has 1 aliphatic heterocycles. The Balaban J connectivity index is 1.51. The highest BCUT2D eigenvalue weighted by Crippen LogP contribution is 2.61. The van der Waals surface area contributed by atoms with Crippen LogP contribution in [-0.2, 0) is 4.79 Å². The Bertz CT molecular complexity index is 384. The Hall–Kier alpha value is -0.570. The van der Waals surface area contributed by atoms with Gasteiger partial charge >= 0.3 is 0 Å². The SMILES string of the molecule is CNC(CN1CCCCC1=O)C12CC3CC(CC(C3)C1)C2. The van der Waals surface area contributed by atoms with E-state index in [4.69, 9.17) is 0 Å². The summed E-state index contributed by atoms with van der Waals surface area (Å²) in [5, 5.41) is 3.63. The van der Waals surface area contributed by atoms with E-state index in [1.807, 2.05) is 0 Å². The molecule has 4 bridgehead atoms. The molecule has 4 aliphatic carbocycles. The van der Waals surface area contributed by atoms with Gasteiger partial charge in [-0.1, -0.05) is 0 Å². The maximum atomic E-state index is 12.2. The van der Waals surface area contributed by atoms with Crippen molar-refractivity contribution >= 4 is 5.91 Å². The van der Waals surface area contributed by atoms with Gasteiger partial charge in [-0.25, -0.2) is 0 Å². The summed E-state index contributed by atoms with van der Waals surface area (Å²) in [5.74, 6) is 3.36. The Morgan fingerprint density at radius 1 is 1.14 bits per heavy atom. The maximum absolute atomic E-state index is 12.2. The van der Waals surface area contributed by atoms with Crippen LogP contribution in [0.25, 0.3) is 0 Å².